The average molecular weight is 420 g/mol. The van der Waals surface area contributed by atoms with Crippen LogP contribution in [0.5, 0.6) is 0 Å². The van der Waals surface area contributed by atoms with Gasteiger partial charge in [-0.1, -0.05) is 32.4 Å². The van der Waals surface area contributed by atoms with E-state index in [1.54, 1.807) is 6.20 Å². The molecule has 156 valence electrons. The van der Waals surface area contributed by atoms with Crippen LogP contribution in [-0.2, 0) is 0 Å². The Morgan fingerprint density at radius 2 is 1.76 bits per heavy atom. The topological polar surface area (TPSA) is 84.5 Å². The summed E-state index contributed by atoms with van der Waals surface area (Å²) in [6.45, 7) is 11.2. The van der Waals surface area contributed by atoms with Crippen LogP contribution in [0.2, 0.25) is 5.02 Å². The second-order valence-electron chi connectivity index (χ2n) is 8.47. The van der Waals surface area contributed by atoms with Crippen molar-refractivity contribution in [3.8, 4) is 5.69 Å². The van der Waals surface area contributed by atoms with Gasteiger partial charge in [-0.25, -0.2) is 0 Å². The van der Waals surface area contributed by atoms with Gasteiger partial charge < -0.3 is 4.90 Å². The molecule has 3 rings (SSSR count). The molecule has 1 fully saturated rings. The van der Waals surface area contributed by atoms with E-state index in [-0.39, 0.29) is 10.7 Å². The van der Waals surface area contributed by atoms with E-state index in [4.69, 9.17) is 11.6 Å². The van der Waals surface area contributed by atoms with Gasteiger partial charge in [0.25, 0.3) is 11.2 Å². The first-order valence-corrected chi connectivity index (χ1v) is 10.0. The minimum Gasteiger partial charge on any atom is -0.366 e. The highest BCUT2D eigenvalue weighted by Crippen LogP contribution is 2.24. The van der Waals surface area contributed by atoms with Crippen molar-refractivity contribution >= 4 is 23.0 Å². The SMILES string of the molecule is CC(C)(C)CCN1CCN(c2cnn(-c3ccc([N+](=O)[O-])cc3)c(=O)c2Cl)CC1. The maximum absolute atomic E-state index is 12.7. The van der Waals surface area contributed by atoms with Crippen LogP contribution in [0.25, 0.3) is 5.69 Å². The molecule has 0 bridgehead atoms. The standard InChI is InChI=1S/C20H26ClN5O3/c1-20(2,3)8-9-23-10-12-24(13-11-23)17-14-22-25(19(27)18(17)21)15-4-6-16(7-5-15)26(28)29/h4-7,14H,8-13H2,1-3H3. The third-order valence-corrected chi connectivity index (χ3v) is 5.45. The Labute approximate surface area is 174 Å². The number of anilines is 1. The molecular formula is C20H26ClN5O3. The van der Waals surface area contributed by atoms with Crippen LogP contribution in [0.3, 0.4) is 0 Å². The molecule has 1 aromatic heterocycles. The number of aromatic nitrogens is 2. The normalized spacial score (nSPS) is 15.5. The molecule has 2 heterocycles. The molecule has 0 N–H and O–H groups in total. The Hall–Kier alpha value is -2.45. The summed E-state index contributed by atoms with van der Waals surface area (Å²) in [6.07, 6.45) is 2.73. The largest absolute Gasteiger partial charge is 0.366 e. The summed E-state index contributed by atoms with van der Waals surface area (Å²) in [5, 5.41) is 15.1. The van der Waals surface area contributed by atoms with Crippen molar-refractivity contribution in [2.24, 2.45) is 5.41 Å². The number of hydrogen-bond donors (Lipinski definition) is 0. The average Bonchev–Trinajstić information content (AvgIpc) is 2.68. The predicted molar refractivity (Wildman–Crippen MR) is 114 cm³/mol. The summed E-state index contributed by atoms with van der Waals surface area (Å²) < 4.78 is 1.16. The molecular weight excluding hydrogens is 394 g/mol. The second-order valence-corrected chi connectivity index (χ2v) is 8.85. The first-order valence-electron chi connectivity index (χ1n) is 9.66. The Bertz CT molecular complexity index is 929. The van der Waals surface area contributed by atoms with Crippen LogP contribution >= 0.6 is 11.6 Å². The van der Waals surface area contributed by atoms with Crippen LogP contribution < -0.4 is 10.5 Å². The number of piperazine rings is 1. The molecule has 1 aromatic carbocycles. The lowest BCUT2D eigenvalue weighted by Crippen LogP contribution is -2.47. The lowest BCUT2D eigenvalue weighted by atomic mass is 9.92. The van der Waals surface area contributed by atoms with E-state index in [0.29, 0.717) is 16.8 Å². The minimum absolute atomic E-state index is 0.0474. The monoisotopic (exact) mass is 419 g/mol. The minimum atomic E-state index is -0.489. The molecule has 0 aliphatic carbocycles. The molecule has 9 heteroatoms. The highest BCUT2D eigenvalue weighted by atomic mass is 35.5. The zero-order valence-corrected chi connectivity index (χ0v) is 17.7. The molecule has 0 radical (unpaired) electrons. The Kier molecular flexibility index (Phi) is 6.24. The number of halogens is 1. The van der Waals surface area contributed by atoms with Crippen molar-refractivity contribution in [1.29, 1.82) is 0 Å². The molecule has 1 aliphatic heterocycles. The third kappa shape index (κ3) is 5.13. The van der Waals surface area contributed by atoms with E-state index in [1.165, 1.54) is 24.3 Å². The highest BCUT2D eigenvalue weighted by molar-refractivity contribution is 6.33. The molecule has 0 unspecified atom stereocenters. The summed E-state index contributed by atoms with van der Waals surface area (Å²) in [7, 11) is 0. The van der Waals surface area contributed by atoms with E-state index >= 15 is 0 Å². The van der Waals surface area contributed by atoms with Gasteiger partial charge in [-0.15, -0.1) is 0 Å². The maximum Gasteiger partial charge on any atom is 0.292 e. The van der Waals surface area contributed by atoms with Crippen molar-refractivity contribution < 1.29 is 4.92 Å². The van der Waals surface area contributed by atoms with Gasteiger partial charge in [0.15, 0.2) is 0 Å². The molecule has 29 heavy (non-hydrogen) atoms. The Balaban J connectivity index is 1.72. The van der Waals surface area contributed by atoms with Gasteiger partial charge in [0, 0.05) is 38.3 Å². The van der Waals surface area contributed by atoms with Crippen molar-refractivity contribution in [3.63, 3.8) is 0 Å². The lowest BCUT2D eigenvalue weighted by molar-refractivity contribution is -0.384. The molecule has 0 spiro atoms. The van der Waals surface area contributed by atoms with Gasteiger partial charge in [0.05, 0.1) is 22.5 Å². The van der Waals surface area contributed by atoms with Gasteiger partial charge in [-0.2, -0.15) is 9.78 Å². The second kappa shape index (κ2) is 8.51. The molecule has 0 atom stereocenters. The highest BCUT2D eigenvalue weighted by Gasteiger charge is 2.22. The van der Waals surface area contributed by atoms with E-state index in [9.17, 15) is 14.9 Å². The maximum atomic E-state index is 12.7. The molecule has 1 saturated heterocycles. The summed E-state index contributed by atoms with van der Waals surface area (Å²) in [5.41, 5.74) is 0.889. The van der Waals surface area contributed by atoms with Crippen LogP contribution in [0.4, 0.5) is 11.4 Å². The van der Waals surface area contributed by atoms with E-state index in [2.05, 4.69) is 35.7 Å². The van der Waals surface area contributed by atoms with E-state index < -0.39 is 10.5 Å². The molecule has 2 aromatic rings. The molecule has 8 nitrogen and oxygen atoms in total. The number of nitro benzene ring substituents is 1. The Morgan fingerprint density at radius 1 is 1.14 bits per heavy atom. The van der Waals surface area contributed by atoms with Gasteiger partial charge in [-0.3, -0.25) is 19.8 Å². The zero-order chi connectivity index (χ0) is 21.2. The lowest BCUT2D eigenvalue weighted by Gasteiger charge is -2.37. The Morgan fingerprint density at radius 3 is 2.31 bits per heavy atom. The zero-order valence-electron chi connectivity index (χ0n) is 17.0. The third-order valence-electron chi connectivity index (χ3n) is 5.10. The number of non-ortho nitro benzene ring substituents is 1. The van der Waals surface area contributed by atoms with Gasteiger partial charge in [0.2, 0.25) is 0 Å². The van der Waals surface area contributed by atoms with Crippen molar-refractivity contribution in [2.75, 3.05) is 37.6 Å². The summed E-state index contributed by atoms with van der Waals surface area (Å²) in [5.74, 6) is 0. The van der Waals surface area contributed by atoms with Gasteiger partial charge in [-0.05, 0) is 30.5 Å². The quantitative estimate of drug-likeness (QED) is 0.545. The fourth-order valence-electron chi connectivity index (χ4n) is 3.25. The number of nitrogens with zero attached hydrogens (tertiary/aromatic N) is 5. The molecule has 0 amide bonds. The fourth-order valence-corrected chi connectivity index (χ4v) is 3.50. The predicted octanol–water partition coefficient (Wildman–Crippen LogP) is 3.35. The van der Waals surface area contributed by atoms with Crippen molar-refractivity contribution in [3.05, 3.63) is 56.0 Å². The first kappa shape index (κ1) is 21.3. The summed E-state index contributed by atoms with van der Waals surface area (Å²) in [4.78, 5) is 27.6. The van der Waals surface area contributed by atoms with Crippen LogP contribution in [-0.4, -0.2) is 52.3 Å². The number of rotatable bonds is 5. The van der Waals surface area contributed by atoms with Crippen LogP contribution in [0.1, 0.15) is 27.2 Å². The van der Waals surface area contributed by atoms with E-state index in [0.717, 1.165) is 43.8 Å². The van der Waals surface area contributed by atoms with Gasteiger partial charge in [0.1, 0.15) is 5.02 Å². The van der Waals surface area contributed by atoms with Gasteiger partial charge >= 0.3 is 0 Å². The number of hydrogen-bond acceptors (Lipinski definition) is 6. The van der Waals surface area contributed by atoms with Crippen molar-refractivity contribution in [2.45, 2.75) is 27.2 Å². The van der Waals surface area contributed by atoms with Crippen molar-refractivity contribution in [1.82, 2.24) is 14.7 Å². The van der Waals surface area contributed by atoms with E-state index in [1.807, 2.05) is 0 Å². The van der Waals surface area contributed by atoms with Crippen LogP contribution in [0.15, 0.2) is 35.3 Å². The summed E-state index contributed by atoms with van der Waals surface area (Å²) in [6, 6.07) is 5.64. The fraction of sp³-hybridized carbons (Fsp3) is 0.500. The molecule has 1 aliphatic rings. The number of benzene rings is 1. The molecule has 0 saturated carbocycles. The smallest absolute Gasteiger partial charge is 0.292 e. The van der Waals surface area contributed by atoms with Crippen LogP contribution in [0, 0.1) is 15.5 Å². The first-order chi connectivity index (χ1) is 13.7. The number of nitro groups is 1. The summed E-state index contributed by atoms with van der Waals surface area (Å²) >= 11 is 6.38.